The van der Waals surface area contributed by atoms with Gasteiger partial charge in [0, 0.05) is 36.7 Å². The summed E-state index contributed by atoms with van der Waals surface area (Å²) >= 11 is 0. The summed E-state index contributed by atoms with van der Waals surface area (Å²) < 4.78 is 14.1. The number of piperazine rings is 1. The van der Waals surface area contributed by atoms with E-state index in [1.165, 1.54) is 6.20 Å². The van der Waals surface area contributed by atoms with Crippen LogP contribution in [-0.4, -0.2) is 45.8 Å². The third-order valence-electron chi connectivity index (χ3n) is 4.19. The number of H-pyrrole nitrogens is 1. The third kappa shape index (κ3) is 2.76. The molecule has 1 atom stereocenters. The molecule has 1 fully saturated rings. The molecule has 1 unspecified atom stereocenters. The highest BCUT2D eigenvalue weighted by atomic mass is 19.1. The Labute approximate surface area is 138 Å². The van der Waals surface area contributed by atoms with Crippen LogP contribution in [0, 0.1) is 5.82 Å². The van der Waals surface area contributed by atoms with Crippen LogP contribution in [0.4, 0.5) is 21.8 Å². The van der Waals surface area contributed by atoms with E-state index in [4.69, 9.17) is 0 Å². The van der Waals surface area contributed by atoms with E-state index in [1.807, 2.05) is 18.2 Å². The first-order chi connectivity index (χ1) is 11.7. The molecule has 1 aromatic carbocycles. The molecular formula is C16H18FN7. The minimum Gasteiger partial charge on any atom is -0.338 e. The highest BCUT2D eigenvalue weighted by Crippen LogP contribution is 2.23. The van der Waals surface area contributed by atoms with Crippen LogP contribution in [0.3, 0.4) is 0 Å². The first-order valence-corrected chi connectivity index (χ1v) is 7.91. The molecule has 3 N–H and O–H groups in total. The van der Waals surface area contributed by atoms with E-state index < -0.39 is 5.82 Å². The molecular weight excluding hydrogens is 309 g/mol. The molecule has 0 spiro atoms. The van der Waals surface area contributed by atoms with E-state index in [2.05, 4.69) is 42.6 Å². The molecule has 1 aliphatic heterocycles. The number of anilines is 3. The molecule has 24 heavy (non-hydrogen) atoms. The second kappa shape index (κ2) is 6.04. The Kier molecular flexibility index (Phi) is 3.73. The van der Waals surface area contributed by atoms with Gasteiger partial charge in [0.1, 0.15) is 0 Å². The van der Waals surface area contributed by atoms with Crippen LogP contribution in [0.2, 0.25) is 0 Å². The highest BCUT2D eigenvalue weighted by Gasteiger charge is 2.21. The normalized spacial score (nSPS) is 18.1. The summed E-state index contributed by atoms with van der Waals surface area (Å²) in [4.78, 5) is 10.6. The van der Waals surface area contributed by atoms with Gasteiger partial charge in [0.2, 0.25) is 5.95 Å². The summed E-state index contributed by atoms with van der Waals surface area (Å²) in [5.41, 5.74) is 1.68. The lowest BCUT2D eigenvalue weighted by atomic mass is 10.2. The van der Waals surface area contributed by atoms with Gasteiger partial charge in [-0.2, -0.15) is 10.1 Å². The third-order valence-corrected chi connectivity index (χ3v) is 4.19. The van der Waals surface area contributed by atoms with E-state index >= 15 is 0 Å². The van der Waals surface area contributed by atoms with Crippen LogP contribution in [0.15, 0.2) is 30.6 Å². The molecule has 0 bridgehead atoms. The van der Waals surface area contributed by atoms with Crippen molar-refractivity contribution in [2.75, 3.05) is 29.9 Å². The SMILES string of the molecule is CC1CNCCN1c1ncc(F)c(Nc2ccc3[nH]ncc3c2)n1. The van der Waals surface area contributed by atoms with Crippen molar-refractivity contribution in [1.82, 2.24) is 25.5 Å². The van der Waals surface area contributed by atoms with Crippen molar-refractivity contribution in [1.29, 1.82) is 0 Å². The van der Waals surface area contributed by atoms with Gasteiger partial charge in [0.05, 0.1) is 17.9 Å². The Bertz CT molecular complexity index is 863. The smallest absolute Gasteiger partial charge is 0.227 e. The first-order valence-electron chi connectivity index (χ1n) is 7.91. The Morgan fingerprint density at radius 2 is 2.25 bits per heavy atom. The first kappa shape index (κ1) is 14.8. The fourth-order valence-corrected chi connectivity index (χ4v) is 2.88. The number of rotatable bonds is 3. The number of aromatic nitrogens is 4. The Balaban J connectivity index is 1.63. The van der Waals surface area contributed by atoms with E-state index in [-0.39, 0.29) is 11.9 Å². The number of hydrogen-bond acceptors (Lipinski definition) is 6. The van der Waals surface area contributed by atoms with Crippen molar-refractivity contribution in [3.8, 4) is 0 Å². The predicted molar refractivity (Wildman–Crippen MR) is 91.0 cm³/mol. The van der Waals surface area contributed by atoms with Crippen molar-refractivity contribution in [3.63, 3.8) is 0 Å². The van der Waals surface area contributed by atoms with Crippen LogP contribution in [0.5, 0.6) is 0 Å². The fourth-order valence-electron chi connectivity index (χ4n) is 2.88. The highest BCUT2D eigenvalue weighted by molar-refractivity contribution is 5.82. The number of nitrogens with one attached hydrogen (secondary N) is 3. The van der Waals surface area contributed by atoms with Gasteiger partial charge in [-0.05, 0) is 25.1 Å². The van der Waals surface area contributed by atoms with Gasteiger partial charge in [-0.1, -0.05) is 0 Å². The van der Waals surface area contributed by atoms with Gasteiger partial charge < -0.3 is 15.5 Å². The van der Waals surface area contributed by atoms with Gasteiger partial charge in [0.15, 0.2) is 11.6 Å². The lowest BCUT2D eigenvalue weighted by Gasteiger charge is -2.34. The zero-order valence-corrected chi connectivity index (χ0v) is 13.3. The van der Waals surface area contributed by atoms with Gasteiger partial charge >= 0.3 is 0 Å². The van der Waals surface area contributed by atoms with Crippen LogP contribution in [0.25, 0.3) is 10.9 Å². The van der Waals surface area contributed by atoms with Crippen LogP contribution >= 0.6 is 0 Å². The molecule has 0 saturated carbocycles. The molecule has 0 radical (unpaired) electrons. The van der Waals surface area contributed by atoms with Gasteiger partial charge in [-0.25, -0.2) is 9.37 Å². The number of benzene rings is 1. The molecule has 3 heterocycles. The number of hydrogen-bond donors (Lipinski definition) is 3. The van der Waals surface area contributed by atoms with Gasteiger partial charge in [-0.15, -0.1) is 0 Å². The molecule has 0 amide bonds. The fraction of sp³-hybridized carbons (Fsp3) is 0.312. The van der Waals surface area contributed by atoms with Crippen molar-refractivity contribution in [2.24, 2.45) is 0 Å². The Morgan fingerprint density at radius 3 is 3.12 bits per heavy atom. The van der Waals surface area contributed by atoms with E-state index in [9.17, 15) is 4.39 Å². The van der Waals surface area contributed by atoms with Crippen LogP contribution in [-0.2, 0) is 0 Å². The predicted octanol–water partition coefficient (Wildman–Crippen LogP) is 2.03. The maximum absolute atomic E-state index is 14.1. The molecule has 7 nitrogen and oxygen atoms in total. The lowest BCUT2D eigenvalue weighted by Crippen LogP contribution is -2.50. The van der Waals surface area contributed by atoms with Crippen LogP contribution < -0.4 is 15.5 Å². The van der Waals surface area contributed by atoms with Gasteiger partial charge in [-0.3, -0.25) is 5.10 Å². The van der Waals surface area contributed by atoms with Crippen molar-refractivity contribution in [2.45, 2.75) is 13.0 Å². The Hall–Kier alpha value is -2.74. The lowest BCUT2D eigenvalue weighted by molar-refractivity contribution is 0.491. The topological polar surface area (TPSA) is 81.8 Å². The zero-order valence-electron chi connectivity index (χ0n) is 13.3. The maximum Gasteiger partial charge on any atom is 0.227 e. The summed E-state index contributed by atoms with van der Waals surface area (Å²) in [7, 11) is 0. The van der Waals surface area contributed by atoms with Crippen LogP contribution in [0.1, 0.15) is 6.92 Å². The quantitative estimate of drug-likeness (QED) is 0.683. The summed E-state index contributed by atoms with van der Waals surface area (Å²) in [5, 5.41) is 14.2. The number of fused-ring (bicyclic) bond motifs is 1. The molecule has 124 valence electrons. The zero-order chi connectivity index (χ0) is 16.5. The van der Waals surface area contributed by atoms with E-state index in [1.54, 1.807) is 6.20 Å². The molecule has 0 aliphatic carbocycles. The molecule has 8 heteroatoms. The number of nitrogens with zero attached hydrogens (tertiary/aromatic N) is 4. The Morgan fingerprint density at radius 1 is 1.33 bits per heavy atom. The molecule has 1 saturated heterocycles. The second-order valence-electron chi connectivity index (χ2n) is 5.91. The van der Waals surface area contributed by atoms with E-state index in [0.29, 0.717) is 5.95 Å². The molecule has 2 aromatic heterocycles. The molecule has 4 rings (SSSR count). The van der Waals surface area contributed by atoms with Crippen molar-refractivity contribution in [3.05, 3.63) is 36.4 Å². The average Bonchev–Trinajstić information content (AvgIpc) is 3.05. The largest absolute Gasteiger partial charge is 0.338 e. The summed E-state index contributed by atoms with van der Waals surface area (Å²) in [6, 6.07) is 5.91. The van der Waals surface area contributed by atoms with Gasteiger partial charge in [0.25, 0.3) is 0 Å². The molecule has 1 aliphatic rings. The summed E-state index contributed by atoms with van der Waals surface area (Å²) in [5.74, 6) is 0.236. The number of halogens is 1. The number of aromatic amines is 1. The standard InChI is InChI=1S/C16H18FN7/c1-10-7-18-4-5-24(10)16-19-9-13(17)15(22-16)21-12-2-3-14-11(6-12)8-20-23-14/h2-3,6,8-10,18H,4-5,7H2,1H3,(H,20,23)(H,19,21,22). The average molecular weight is 327 g/mol. The maximum atomic E-state index is 14.1. The van der Waals surface area contributed by atoms with E-state index in [0.717, 1.165) is 36.2 Å². The van der Waals surface area contributed by atoms with Crippen molar-refractivity contribution < 1.29 is 4.39 Å². The minimum atomic E-state index is -0.478. The molecule has 3 aromatic rings. The second-order valence-corrected chi connectivity index (χ2v) is 5.91. The summed E-state index contributed by atoms with van der Waals surface area (Å²) in [6.45, 7) is 4.62. The summed E-state index contributed by atoms with van der Waals surface area (Å²) in [6.07, 6.45) is 2.94. The monoisotopic (exact) mass is 327 g/mol. The minimum absolute atomic E-state index is 0.175. The van der Waals surface area contributed by atoms with Crippen molar-refractivity contribution >= 4 is 28.4 Å².